The smallest absolute Gasteiger partial charge is 0.277 e. The zero-order valence-electron chi connectivity index (χ0n) is 16.2. The van der Waals surface area contributed by atoms with Gasteiger partial charge in [0.15, 0.2) is 11.5 Å². The Balaban J connectivity index is 1.86. The summed E-state index contributed by atoms with van der Waals surface area (Å²) in [5.74, 6) is -0.663. The Morgan fingerprint density at radius 3 is 2.77 bits per heavy atom. The molecule has 0 radical (unpaired) electrons. The molecule has 0 aliphatic carbocycles. The number of carbonyl (C=O) groups excluding carboxylic acids is 1. The van der Waals surface area contributed by atoms with E-state index in [0.29, 0.717) is 17.0 Å². The molecular weight excluding hydrogens is 392 g/mol. The van der Waals surface area contributed by atoms with E-state index >= 15 is 0 Å². The van der Waals surface area contributed by atoms with Crippen LogP contribution < -0.4 is 10.2 Å². The van der Waals surface area contributed by atoms with Gasteiger partial charge in [-0.2, -0.15) is 5.10 Å². The SMILES string of the molecule is CCOc1cc([N+](=O)[O-])cc(/C=N\NC(=O)c2c(-c3ccccc3)noc2C)c1O. The lowest BCUT2D eigenvalue weighted by atomic mass is 10.1. The van der Waals surface area contributed by atoms with Crippen molar-refractivity contribution in [3.05, 3.63) is 69.5 Å². The number of nitro benzene ring substituents is 1. The van der Waals surface area contributed by atoms with Gasteiger partial charge in [0.05, 0.1) is 23.8 Å². The van der Waals surface area contributed by atoms with Crippen molar-refractivity contribution in [1.29, 1.82) is 0 Å². The Bertz CT molecular complexity index is 1110. The molecule has 10 heteroatoms. The van der Waals surface area contributed by atoms with Gasteiger partial charge in [-0.3, -0.25) is 14.9 Å². The van der Waals surface area contributed by atoms with Crippen molar-refractivity contribution in [2.75, 3.05) is 6.61 Å². The Morgan fingerprint density at radius 1 is 1.37 bits per heavy atom. The van der Waals surface area contributed by atoms with Gasteiger partial charge in [-0.15, -0.1) is 0 Å². The van der Waals surface area contributed by atoms with Crippen molar-refractivity contribution >= 4 is 17.8 Å². The fourth-order valence-corrected chi connectivity index (χ4v) is 2.73. The van der Waals surface area contributed by atoms with Crippen molar-refractivity contribution in [2.45, 2.75) is 13.8 Å². The molecule has 154 valence electrons. The maximum absolute atomic E-state index is 12.6. The Morgan fingerprint density at radius 2 is 2.10 bits per heavy atom. The molecule has 1 amide bonds. The monoisotopic (exact) mass is 410 g/mol. The lowest BCUT2D eigenvalue weighted by Gasteiger charge is -2.08. The molecule has 1 heterocycles. The van der Waals surface area contributed by atoms with Gasteiger partial charge >= 0.3 is 0 Å². The molecule has 0 aliphatic rings. The molecule has 3 aromatic rings. The van der Waals surface area contributed by atoms with Crippen LogP contribution in [-0.4, -0.2) is 33.9 Å². The fraction of sp³-hybridized carbons (Fsp3) is 0.150. The highest BCUT2D eigenvalue weighted by Crippen LogP contribution is 2.33. The van der Waals surface area contributed by atoms with Gasteiger partial charge in [0, 0.05) is 17.2 Å². The maximum Gasteiger partial charge on any atom is 0.277 e. The molecule has 0 saturated heterocycles. The summed E-state index contributed by atoms with van der Waals surface area (Å²) in [4.78, 5) is 23.1. The standard InChI is InChI=1S/C20H18N4O6/c1-3-29-16-10-15(24(27)28)9-14(19(16)25)11-21-22-20(26)17-12(2)30-23-18(17)13-7-5-4-6-8-13/h4-11,25H,3H2,1-2H3,(H,22,26)/b21-11-. The normalized spacial score (nSPS) is 10.9. The number of phenolic OH excluding ortho intramolecular Hbond substituents is 1. The first-order valence-electron chi connectivity index (χ1n) is 8.91. The third-order valence-electron chi connectivity index (χ3n) is 4.11. The van der Waals surface area contributed by atoms with Crippen LogP contribution in [0.2, 0.25) is 0 Å². The molecule has 0 bridgehead atoms. The predicted molar refractivity (Wildman–Crippen MR) is 108 cm³/mol. The zero-order chi connectivity index (χ0) is 21.7. The number of hydrogen-bond donors (Lipinski definition) is 2. The average molecular weight is 410 g/mol. The van der Waals surface area contributed by atoms with Crippen LogP contribution >= 0.6 is 0 Å². The first kappa shape index (κ1) is 20.5. The number of nitro groups is 1. The number of rotatable bonds is 7. The van der Waals surface area contributed by atoms with E-state index in [4.69, 9.17) is 9.26 Å². The number of aromatic hydroxyl groups is 1. The van der Waals surface area contributed by atoms with Crippen molar-refractivity contribution in [3.63, 3.8) is 0 Å². The van der Waals surface area contributed by atoms with Crippen LogP contribution in [0.25, 0.3) is 11.3 Å². The fourth-order valence-electron chi connectivity index (χ4n) is 2.73. The van der Waals surface area contributed by atoms with Crippen LogP contribution in [-0.2, 0) is 0 Å². The predicted octanol–water partition coefficient (Wildman–Crippen LogP) is 3.43. The number of amides is 1. The Labute approximate surface area is 170 Å². The largest absolute Gasteiger partial charge is 0.504 e. The van der Waals surface area contributed by atoms with E-state index in [0.717, 1.165) is 18.3 Å². The molecule has 3 rings (SSSR count). The molecule has 10 nitrogen and oxygen atoms in total. The Kier molecular flexibility index (Phi) is 6.06. The third-order valence-corrected chi connectivity index (χ3v) is 4.11. The van der Waals surface area contributed by atoms with Gasteiger partial charge in [0.2, 0.25) is 0 Å². The summed E-state index contributed by atoms with van der Waals surface area (Å²) in [6.45, 7) is 3.48. The van der Waals surface area contributed by atoms with Crippen LogP contribution in [0, 0.1) is 17.0 Å². The third kappa shape index (κ3) is 4.27. The van der Waals surface area contributed by atoms with Crippen molar-refractivity contribution in [3.8, 4) is 22.8 Å². The summed E-state index contributed by atoms with van der Waals surface area (Å²) in [7, 11) is 0. The highest BCUT2D eigenvalue weighted by Gasteiger charge is 2.21. The number of non-ortho nitro benzene ring substituents is 1. The molecule has 0 aliphatic heterocycles. The average Bonchev–Trinajstić information content (AvgIpc) is 3.12. The topological polar surface area (TPSA) is 140 Å². The molecule has 2 N–H and O–H groups in total. The van der Waals surface area contributed by atoms with Crippen LogP contribution in [0.1, 0.15) is 28.6 Å². The summed E-state index contributed by atoms with van der Waals surface area (Å²) >= 11 is 0. The number of hydrogen-bond acceptors (Lipinski definition) is 8. The summed E-state index contributed by atoms with van der Waals surface area (Å²) in [6, 6.07) is 11.2. The van der Waals surface area contributed by atoms with Gasteiger partial charge in [0.25, 0.3) is 11.6 Å². The number of nitrogens with zero attached hydrogens (tertiary/aromatic N) is 3. The van der Waals surface area contributed by atoms with Gasteiger partial charge in [-0.25, -0.2) is 5.43 Å². The Hall–Kier alpha value is -4.21. The minimum absolute atomic E-state index is 0.0123. The number of aryl methyl sites for hydroxylation is 1. The van der Waals surface area contributed by atoms with Gasteiger partial charge < -0.3 is 14.4 Å². The van der Waals surface area contributed by atoms with Crippen molar-refractivity contribution < 1.29 is 24.1 Å². The van der Waals surface area contributed by atoms with Gasteiger partial charge in [-0.1, -0.05) is 35.5 Å². The first-order valence-corrected chi connectivity index (χ1v) is 8.91. The van der Waals surface area contributed by atoms with E-state index in [1.54, 1.807) is 38.1 Å². The van der Waals surface area contributed by atoms with Crippen LogP contribution in [0.15, 0.2) is 52.1 Å². The van der Waals surface area contributed by atoms with Crippen LogP contribution in [0.5, 0.6) is 11.5 Å². The van der Waals surface area contributed by atoms with Gasteiger partial charge in [0.1, 0.15) is 17.0 Å². The van der Waals surface area contributed by atoms with E-state index in [1.165, 1.54) is 0 Å². The summed E-state index contributed by atoms with van der Waals surface area (Å²) in [5, 5.41) is 29.1. The quantitative estimate of drug-likeness (QED) is 0.345. The zero-order valence-corrected chi connectivity index (χ0v) is 16.2. The van der Waals surface area contributed by atoms with E-state index < -0.39 is 10.8 Å². The molecule has 0 spiro atoms. The van der Waals surface area contributed by atoms with Crippen molar-refractivity contribution in [2.24, 2.45) is 5.10 Å². The molecule has 0 atom stereocenters. The highest BCUT2D eigenvalue weighted by molar-refractivity contribution is 6.01. The summed E-state index contributed by atoms with van der Waals surface area (Å²) in [6.07, 6.45) is 1.09. The summed E-state index contributed by atoms with van der Waals surface area (Å²) in [5.41, 5.74) is 3.31. The number of aromatic nitrogens is 1. The second-order valence-electron chi connectivity index (χ2n) is 6.10. The lowest BCUT2D eigenvalue weighted by Crippen LogP contribution is -2.18. The van der Waals surface area contributed by atoms with Crippen LogP contribution in [0.3, 0.4) is 0 Å². The van der Waals surface area contributed by atoms with E-state index in [9.17, 15) is 20.0 Å². The molecule has 1 aromatic heterocycles. The minimum atomic E-state index is -0.621. The minimum Gasteiger partial charge on any atom is -0.504 e. The van der Waals surface area contributed by atoms with Gasteiger partial charge in [-0.05, 0) is 13.8 Å². The number of benzene rings is 2. The number of carbonyl (C=O) groups is 1. The molecule has 0 unspecified atom stereocenters. The maximum atomic E-state index is 12.6. The first-order chi connectivity index (χ1) is 14.4. The van der Waals surface area contributed by atoms with E-state index in [-0.39, 0.29) is 34.9 Å². The number of nitrogens with one attached hydrogen (secondary N) is 1. The molecule has 0 fully saturated rings. The summed E-state index contributed by atoms with van der Waals surface area (Å²) < 4.78 is 10.4. The number of ether oxygens (including phenoxy) is 1. The lowest BCUT2D eigenvalue weighted by molar-refractivity contribution is -0.385. The second kappa shape index (κ2) is 8.86. The number of phenols is 1. The molecule has 0 saturated carbocycles. The van der Waals surface area contributed by atoms with Crippen molar-refractivity contribution in [1.82, 2.24) is 10.6 Å². The molecule has 30 heavy (non-hydrogen) atoms. The second-order valence-corrected chi connectivity index (χ2v) is 6.10. The molecule has 2 aromatic carbocycles. The van der Waals surface area contributed by atoms with Crippen LogP contribution in [0.4, 0.5) is 5.69 Å². The van der Waals surface area contributed by atoms with E-state index in [2.05, 4.69) is 15.7 Å². The van der Waals surface area contributed by atoms with E-state index in [1.807, 2.05) is 6.07 Å². The number of hydrazone groups is 1. The molecular formula is C20H18N4O6. The highest BCUT2D eigenvalue weighted by atomic mass is 16.6.